The van der Waals surface area contributed by atoms with Crippen LogP contribution in [0.3, 0.4) is 0 Å². The highest BCUT2D eigenvalue weighted by atomic mass is 32.2. The summed E-state index contributed by atoms with van der Waals surface area (Å²) < 4.78 is 32.8. The number of hydrogen-bond acceptors (Lipinski definition) is 4. The van der Waals surface area contributed by atoms with E-state index in [-0.39, 0.29) is 10.5 Å². The molecule has 0 aliphatic rings. The van der Waals surface area contributed by atoms with Crippen LogP contribution in [0.5, 0.6) is 5.88 Å². The minimum absolute atomic E-state index is 0.181. The van der Waals surface area contributed by atoms with Gasteiger partial charge in [0.25, 0.3) is 5.56 Å². The molecule has 3 aromatic rings. The topological polar surface area (TPSA) is 104 Å². The predicted octanol–water partition coefficient (Wildman–Crippen LogP) is 2.88. The molecule has 2 aromatic heterocycles. The maximum atomic E-state index is 12.5. The van der Waals surface area contributed by atoms with E-state index in [1.807, 2.05) is 0 Å². The summed E-state index contributed by atoms with van der Waals surface area (Å²) in [5.74, 6) is 0.325. The number of methoxy groups -OCH3 is 1. The molecule has 0 saturated heterocycles. The standard InChI is InChI=1S/C18H23N3O4S/c1-3-4-5-6-9-19-26(23,24)12-7-8-15-13(10-12)14-11-16(25-2)21-18(22)17(14)20-15/h7-8,10-11,19-20H,3-6,9H2,1-2H3,(H,21,22). The zero-order valence-electron chi connectivity index (χ0n) is 14.9. The fraction of sp³-hybridized carbons (Fsp3) is 0.389. The number of fused-ring (bicyclic) bond motifs is 3. The summed E-state index contributed by atoms with van der Waals surface area (Å²) in [6.45, 7) is 2.53. The van der Waals surface area contributed by atoms with Crippen molar-refractivity contribution in [2.75, 3.05) is 13.7 Å². The number of nitrogens with one attached hydrogen (secondary N) is 3. The summed E-state index contributed by atoms with van der Waals surface area (Å²) in [5, 5.41) is 1.29. The molecule has 3 N–H and O–H groups in total. The van der Waals surface area contributed by atoms with Gasteiger partial charge in [0.05, 0.1) is 12.0 Å². The van der Waals surface area contributed by atoms with Crippen LogP contribution in [0.25, 0.3) is 21.8 Å². The molecule has 0 bridgehead atoms. The number of H-pyrrole nitrogens is 2. The normalized spacial score (nSPS) is 12.1. The third kappa shape index (κ3) is 3.61. The van der Waals surface area contributed by atoms with Crippen LogP contribution in [-0.4, -0.2) is 32.0 Å². The molecule has 0 amide bonds. The number of hydrogen-bond donors (Lipinski definition) is 3. The summed E-state index contributed by atoms with van der Waals surface area (Å²) in [6.07, 6.45) is 4.02. The van der Waals surface area contributed by atoms with Gasteiger partial charge < -0.3 is 9.72 Å². The van der Waals surface area contributed by atoms with E-state index in [9.17, 15) is 13.2 Å². The van der Waals surface area contributed by atoms with E-state index in [1.54, 1.807) is 18.2 Å². The molecule has 3 rings (SSSR count). The molecule has 8 heteroatoms. The van der Waals surface area contributed by atoms with Crippen molar-refractivity contribution in [3.63, 3.8) is 0 Å². The highest BCUT2D eigenvalue weighted by Gasteiger charge is 2.16. The Hall–Kier alpha value is -2.32. The fourth-order valence-electron chi connectivity index (χ4n) is 2.98. The second-order valence-corrected chi connectivity index (χ2v) is 8.01. The van der Waals surface area contributed by atoms with E-state index in [1.165, 1.54) is 13.2 Å². The van der Waals surface area contributed by atoms with E-state index in [2.05, 4.69) is 21.6 Å². The minimum atomic E-state index is -3.59. The third-order valence-electron chi connectivity index (χ3n) is 4.40. The van der Waals surface area contributed by atoms with Gasteiger partial charge in [0, 0.05) is 28.9 Å². The number of ether oxygens (including phenoxy) is 1. The van der Waals surface area contributed by atoms with Crippen LogP contribution >= 0.6 is 0 Å². The zero-order valence-corrected chi connectivity index (χ0v) is 15.7. The summed E-state index contributed by atoms with van der Waals surface area (Å²) in [7, 11) is -2.13. The Bertz CT molecular complexity index is 1080. The lowest BCUT2D eigenvalue weighted by atomic mass is 10.2. The largest absolute Gasteiger partial charge is 0.482 e. The molecular formula is C18H23N3O4S. The van der Waals surface area contributed by atoms with E-state index in [0.29, 0.717) is 34.2 Å². The van der Waals surface area contributed by atoms with Crippen LogP contribution in [0.2, 0.25) is 0 Å². The van der Waals surface area contributed by atoms with E-state index < -0.39 is 10.0 Å². The Kier molecular flexibility index (Phi) is 5.33. The monoisotopic (exact) mass is 377 g/mol. The van der Waals surface area contributed by atoms with Gasteiger partial charge in [-0.1, -0.05) is 26.2 Å². The highest BCUT2D eigenvalue weighted by Crippen LogP contribution is 2.27. The lowest BCUT2D eigenvalue weighted by molar-refractivity contribution is 0.397. The summed E-state index contributed by atoms with van der Waals surface area (Å²) in [6, 6.07) is 6.48. The maximum Gasteiger partial charge on any atom is 0.275 e. The van der Waals surface area contributed by atoms with Gasteiger partial charge >= 0.3 is 0 Å². The number of aromatic nitrogens is 2. The van der Waals surface area contributed by atoms with Crippen LogP contribution in [-0.2, 0) is 10.0 Å². The van der Waals surface area contributed by atoms with Gasteiger partial charge in [0.2, 0.25) is 10.0 Å². The maximum absolute atomic E-state index is 12.5. The quantitative estimate of drug-likeness (QED) is 0.525. The van der Waals surface area contributed by atoms with Crippen molar-refractivity contribution in [2.45, 2.75) is 37.5 Å². The number of benzene rings is 1. The number of sulfonamides is 1. The molecule has 0 unspecified atom stereocenters. The molecule has 0 radical (unpaired) electrons. The summed E-state index contributed by atoms with van der Waals surface area (Å²) in [4.78, 5) is 18.0. The van der Waals surface area contributed by atoms with E-state index in [0.717, 1.165) is 25.7 Å². The highest BCUT2D eigenvalue weighted by molar-refractivity contribution is 7.89. The number of rotatable bonds is 8. The number of unbranched alkanes of at least 4 members (excludes halogenated alkanes) is 3. The van der Waals surface area contributed by atoms with Gasteiger partial charge in [-0.05, 0) is 24.6 Å². The van der Waals surface area contributed by atoms with Gasteiger partial charge in [0.15, 0.2) is 5.88 Å². The first-order valence-corrected chi connectivity index (χ1v) is 10.2. The van der Waals surface area contributed by atoms with Gasteiger partial charge in [-0.15, -0.1) is 0 Å². The zero-order chi connectivity index (χ0) is 18.7. The number of aromatic amines is 2. The van der Waals surface area contributed by atoms with E-state index in [4.69, 9.17) is 4.74 Å². The molecule has 0 fully saturated rings. The van der Waals surface area contributed by atoms with Crippen molar-refractivity contribution in [2.24, 2.45) is 0 Å². The lowest BCUT2D eigenvalue weighted by Crippen LogP contribution is -2.24. The second-order valence-electron chi connectivity index (χ2n) is 6.25. The first-order valence-electron chi connectivity index (χ1n) is 8.68. The van der Waals surface area contributed by atoms with Gasteiger partial charge in [-0.25, -0.2) is 13.1 Å². The van der Waals surface area contributed by atoms with Crippen LogP contribution < -0.4 is 15.0 Å². The predicted molar refractivity (Wildman–Crippen MR) is 102 cm³/mol. The molecule has 0 atom stereocenters. The van der Waals surface area contributed by atoms with Crippen LogP contribution in [0.4, 0.5) is 0 Å². The van der Waals surface area contributed by atoms with Gasteiger partial charge in [-0.2, -0.15) is 0 Å². The molecule has 0 aliphatic heterocycles. The minimum Gasteiger partial charge on any atom is -0.482 e. The SMILES string of the molecule is CCCCCCNS(=O)(=O)c1ccc2[nH]c3c(=O)[nH]c(OC)cc3c2c1. The summed E-state index contributed by atoms with van der Waals surface area (Å²) in [5.41, 5.74) is 0.775. The Morgan fingerprint density at radius 3 is 2.62 bits per heavy atom. The van der Waals surface area contributed by atoms with Crippen molar-refractivity contribution in [1.82, 2.24) is 14.7 Å². The van der Waals surface area contributed by atoms with Crippen LogP contribution in [0.15, 0.2) is 34.0 Å². The van der Waals surface area contributed by atoms with Crippen LogP contribution in [0, 0.1) is 0 Å². The molecule has 0 saturated carbocycles. The first-order chi connectivity index (χ1) is 12.5. The molecular weight excluding hydrogens is 354 g/mol. The van der Waals surface area contributed by atoms with Crippen molar-refractivity contribution < 1.29 is 13.2 Å². The molecule has 0 aliphatic carbocycles. The molecule has 0 spiro atoms. The average Bonchev–Trinajstić information content (AvgIpc) is 3.00. The Morgan fingerprint density at radius 1 is 1.08 bits per heavy atom. The fourth-order valence-corrected chi connectivity index (χ4v) is 4.08. The Morgan fingerprint density at radius 2 is 1.88 bits per heavy atom. The smallest absolute Gasteiger partial charge is 0.275 e. The van der Waals surface area contributed by atoms with Crippen molar-refractivity contribution in [3.8, 4) is 5.88 Å². The van der Waals surface area contributed by atoms with Gasteiger partial charge in [0.1, 0.15) is 5.52 Å². The Balaban J connectivity index is 1.96. The van der Waals surface area contributed by atoms with Crippen molar-refractivity contribution >= 4 is 31.8 Å². The third-order valence-corrected chi connectivity index (χ3v) is 5.86. The number of pyridine rings is 1. The molecule has 1 aromatic carbocycles. The molecule has 26 heavy (non-hydrogen) atoms. The van der Waals surface area contributed by atoms with Crippen LogP contribution in [0.1, 0.15) is 32.6 Å². The second kappa shape index (κ2) is 7.51. The van der Waals surface area contributed by atoms with Crippen molar-refractivity contribution in [3.05, 3.63) is 34.6 Å². The molecule has 2 heterocycles. The lowest BCUT2D eigenvalue weighted by Gasteiger charge is -2.07. The average molecular weight is 377 g/mol. The van der Waals surface area contributed by atoms with Crippen molar-refractivity contribution in [1.29, 1.82) is 0 Å². The molecule has 7 nitrogen and oxygen atoms in total. The van der Waals surface area contributed by atoms with Gasteiger partial charge in [-0.3, -0.25) is 9.78 Å². The summed E-state index contributed by atoms with van der Waals surface area (Å²) >= 11 is 0. The molecule has 140 valence electrons. The first kappa shape index (κ1) is 18.5. The Labute approximate surface area is 151 Å². The van der Waals surface area contributed by atoms with E-state index >= 15 is 0 Å².